The van der Waals surface area contributed by atoms with Crippen LogP contribution >= 0.6 is 11.8 Å². The molecule has 0 aliphatic carbocycles. The maximum Gasteiger partial charge on any atom is 0.245 e. The van der Waals surface area contributed by atoms with E-state index in [1.807, 2.05) is 23.6 Å². The molecule has 2 amide bonds. The fourth-order valence-corrected chi connectivity index (χ4v) is 3.79. The van der Waals surface area contributed by atoms with E-state index in [2.05, 4.69) is 12.2 Å². The number of hydrogen-bond donors (Lipinski definition) is 1. The summed E-state index contributed by atoms with van der Waals surface area (Å²) in [4.78, 5) is 26.3. The van der Waals surface area contributed by atoms with Crippen molar-refractivity contribution in [3.63, 3.8) is 0 Å². The summed E-state index contributed by atoms with van der Waals surface area (Å²) in [6.07, 6.45) is 2.42. The van der Waals surface area contributed by atoms with Gasteiger partial charge in [-0.1, -0.05) is 20.3 Å². The molecule has 0 aromatic carbocycles. The largest absolute Gasteiger partial charge is 0.344 e. The maximum absolute atomic E-state index is 12.6. The zero-order valence-corrected chi connectivity index (χ0v) is 12.0. The highest BCUT2D eigenvalue weighted by molar-refractivity contribution is 7.99. The molecule has 0 saturated carbocycles. The Hall–Kier alpha value is -0.710. The maximum atomic E-state index is 12.6. The number of carbonyl (C=O) groups is 2. The van der Waals surface area contributed by atoms with E-state index < -0.39 is 0 Å². The Morgan fingerprint density at radius 2 is 2.28 bits per heavy atom. The molecule has 1 N–H and O–H groups in total. The molecule has 0 radical (unpaired) electrons. The summed E-state index contributed by atoms with van der Waals surface area (Å²) in [5, 5.41) is 2.90. The van der Waals surface area contributed by atoms with Gasteiger partial charge in [-0.3, -0.25) is 9.59 Å². The lowest BCUT2D eigenvalue weighted by atomic mass is 9.97. The Labute approximate surface area is 113 Å². The predicted octanol–water partition coefficient (Wildman–Crippen LogP) is 1.26. The van der Waals surface area contributed by atoms with Crippen LogP contribution in [0.1, 0.15) is 33.1 Å². The SMILES string of the molecule is CCC(C)C1NC(=O)CCN(C2CCSC2)C1=O. The number of thioether (sulfide) groups is 1. The van der Waals surface area contributed by atoms with Crippen LogP contribution in [0, 0.1) is 5.92 Å². The number of carbonyl (C=O) groups excluding carboxylic acids is 2. The van der Waals surface area contributed by atoms with Gasteiger partial charge in [-0.05, 0) is 18.1 Å². The van der Waals surface area contributed by atoms with Gasteiger partial charge in [0.2, 0.25) is 11.8 Å². The van der Waals surface area contributed by atoms with Crippen LogP contribution in [-0.2, 0) is 9.59 Å². The fourth-order valence-electron chi connectivity index (χ4n) is 2.57. The topological polar surface area (TPSA) is 49.4 Å². The van der Waals surface area contributed by atoms with Gasteiger partial charge in [-0.15, -0.1) is 0 Å². The molecule has 2 fully saturated rings. The summed E-state index contributed by atoms with van der Waals surface area (Å²) < 4.78 is 0. The van der Waals surface area contributed by atoms with E-state index in [4.69, 9.17) is 0 Å². The minimum atomic E-state index is -0.324. The molecule has 0 aromatic rings. The first-order valence-electron chi connectivity index (χ1n) is 6.81. The lowest BCUT2D eigenvalue weighted by Crippen LogP contribution is -2.51. The molecule has 2 saturated heterocycles. The normalized spacial score (nSPS) is 31.1. The van der Waals surface area contributed by atoms with Crippen LogP contribution in [0.2, 0.25) is 0 Å². The van der Waals surface area contributed by atoms with Crippen LogP contribution in [0.15, 0.2) is 0 Å². The van der Waals surface area contributed by atoms with Crippen LogP contribution in [0.5, 0.6) is 0 Å². The zero-order valence-electron chi connectivity index (χ0n) is 11.1. The summed E-state index contributed by atoms with van der Waals surface area (Å²) >= 11 is 1.90. The summed E-state index contributed by atoms with van der Waals surface area (Å²) in [6.45, 7) is 4.68. The molecule has 3 unspecified atom stereocenters. The quantitative estimate of drug-likeness (QED) is 0.840. The van der Waals surface area contributed by atoms with Crippen molar-refractivity contribution < 1.29 is 9.59 Å². The third-order valence-electron chi connectivity index (χ3n) is 4.00. The van der Waals surface area contributed by atoms with E-state index in [9.17, 15) is 9.59 Å². The van der Waals surface area contributed by atoms with E-state index in [1.54, 1.807) is 0 Å². The highest BCUT2D eigenvalue weighted by Gasteiger charge is 2.36. The van der Waals surface area contributed by atoms with Gasteiger partial charge in [-0.2, -0.15) is 11.8 Å². The Bertz CT molecular complexity index is 329. The van der Waals surface area contributed by atoms with Crippen molar-refractivity contribution in [1.29, 1.82) is 0 Å². The molecule has 4 nitrogen and oxygen atoms in total. The minimum Gasteiger partial charge on any atom is -0.344 e. The molecular formula is C13H22N2O2S. The molecule has 5 heteroatoms. The van der Waals surface area contributed by atoms with Crippen LogP contribution in [0.3, 0.4) is 0 Å². The lowest BCUT2D eigenvalue weighted by molar-refractivity contribution is -0.136. The lowest BCUT2D eigenvalue weighted by Gasteiger charge is -2.31. The number of nitrogens with one attached hydrogen (secondary N) is 1. The molecule has 0 aromatic heterocycles. The first-order valence-corrected chi connectivity index (χ1v) is 7.96. The van der Waals surface area contributed by atoms with Gasteiger partial charge < -0.3 is 10.2 Å². The second kappa shape index (κ2) is 5.95. The molecule has 0 spiro atoms. The standard InChI is InChI=1S/C13H22N2O2S/c1-3-9(2)12-13(17)15(6-4-11(16)14-12)10-5-7-18-8-10/h9-10,12H,3-8H2,1-2H3,(H,14,16). The predicted molar refractivity (Wildman–Crippen MR) is 73.4 cm³/mol. The summed E-state index contributed by atoms with van der Waals surface area (Å²) in [5.74, 6) is 2.50. The number of rotatable bonds is 3. The van der Waals surface area contributed by atoms with Gasteiger partial charge in [0.25, 0.3) is 0 Å². The second-order valence-electron chi connectivity index (χ2n) is 5.23. The van der Waals surface area contributed by atoms with Gasteiger partial charge >= 0.3 is 0 Å². The van der Waals surface area contributed by atoms with Crippen LogP contribution < -0.4 is 5.32 Å². The fraction of sp³-hybridized carbons (Fsp3) is 0.846. The highest BCUT2D eigenvalue weighted by Crippen LogP contribution is 2.25. The Morgan fingerprint density at radius 3 is 2.89 bits per heavy atom. The Balaban J connectivity index is 2.14. The van der Waals surface area contributed by atoms with Gasteiger partial charge in [0.05, 0.1) is 0 Å². The van der Waals surface area contributed by atoms with E-state index in [0.717, 1.165) is 24.3 Å². The van der Waals surface area contributed by atoms with Gasteiger partial charge in [0.15, 0.2) is 0 Å². The van der Waals surface area contributed by atoms with Crippen molar-refractivity contribution in [2.45, 2.75) is 45.2 Å². The minimum absolute atomic E-state index is 0.0156. The van der Waals surface area contributed by atoms with Crippen molar-refractivity contribution in [3.05, 3.63) is 0 Å². The van der Waals surface area contributed by atoms with E-state index >= 15 is 0 Å². The number of hydrogen-bond acceptors (Lipinski definition) is 3. The molecule has 2 heterocycles. The van der Waals surface area contributed by atoms with Gasteiger partial charge in [0, 0.05) is 24.8 Å². The summed E-state index contributed by atoms with van der Waals surface area (Å²) in [6, 6.07) is 0.0114. The molecule has 2 rings (SSSR count). The van der Waals surface area contributed by atoms with Crippen molar-refractivity contribution >= 4 is 23.6 Å². The zero-order chi connectivity index (χ0) is 13.1. The smallest absolute Gasteiger partial charge is 0.245 e. The molecular weight excluding hydrogens is 248 g/mol. The molecule has 102 valence electrons. The third kappa shape index (κ3) is 2.82. The van der Waals surface area contributed by atoms with Crippen molar-refractivity contribution in [2.75, 3.05) is 18.1 Å². The average molecular weight is 270 g/mol. The monoisotopic (exact) mass is 270 g/mol. The number of amides is 2. The third-order valence-corrected chi connectivity index (χ3v) is 5.15. The molecule has 2 aliphatic rings. The van der Waals surface area contributed by atoms with Crippen LogP contribution in [0.25, 0.3) is 0 Å². The van der Waals surface area contributed by atoms with Crippen molar-refractivity contribution in [1.82, 2.24) is 10.2 Å². The Morgan fingerprint density at radius 1 is 1.50 bits per heavy atom. The van der Waals surface area contributed by atoms with Crippen molar-refractivity contribution in [2.24, 2.45) is 5.92 Å². The molecule has 18 heavy (non-hydrogen) atoms. The summed E-state index contributed by atoms with van der Waals surface area (Å²) in [7, 11) is 0. The van der Waals surface area contributed by atoms with Gasteiger partial charge in [-0.25, -0.2) is 0 Å². The highest BCUT2D eigenvalue weighted by atomic mass is 32.2. The number of nitrogens with zero attached hydrogens (tertiary/aromatic N) is 1. The van der Waals surface area contributed by atoms with E-state index in [1.165, 1.54) is 0 Å². The average Bonchev–Trinajstić information content (AvgIpc) is 2.84. The summed E-state index contributed by atoms with van der Waals surface area (Å²) in [5.41, 5.74) is 0. The molecule has 3 atom stereocenters. The first-order chi connectivity index (χ1) is 8.63. The van der Waals surface area contributed by atoms with Crippen molar-refractivity contribution in [3.8, 4) is 0 Å². The van der Waals surface area contributed by atoms with E-state index in [0.29, 0.717) is 19.0 Å². The van der Waals surface area contributed by atoms with Gasteiger partial charge in [0.1, 0.15) is 6.04 Å². The molecule has 2 aliphatic heterocycles. The first kappa shape index (κ1) is 13.7. The Kier molecular flexibility index (Phi) is 4.54. The second-order valence-corrected chi connectivity index (χ2v) is 6.38. The van der Waals surface area contributed by atoms with Crippen LogP contribution in [0.4, 0.5) is 0 Å². The van der Waals surface area contributed by atoms with E-state index in [-0.39, 0.29) is 23.8 Å². The van der Waals surface area contributed by atoms with Crippen LogP contribution in [-0.4, -0.2) is 46.8 Å². The molecule has 0 bridgehead atoms.